The van der Waals surface area contributed by atoms with Crippen LogP contribution in [0.4, 0.5) is 0 Å². The summed E-state index contributed by atoms with van der Waals surface area (Å²) in [6, 6.07) is 16.0. The van der Waals surface area contributed by atoms with Crippen molar-refractivity contribution in [2.45, 2.75) is 19.5 Å². The molecule has 0 saturated heterocycles. The lowest BCUT2D eigenvalue weighted by atomic mass is 10.1. The van der Waals surface area contributed by atoms with Gasteiger partial charge < -0.3 is 14.8 Å². The van der Waals surface area contributed by atoms with E-state index in [1.807, 2.05) is 36.4 Å². The summed E-state index contributed by atoms with van der Waals surface area (Å²) in [5, 5.41) is 12.3. The summed E-state index contributed by atoms with van der Waals surface area (Å²) >= 11 is 0. The summed E-state index contributed by atoms with van der Waals surface area (Å²) < 4.78 is 11.2. The smallest absolute Gasteiger partial charge is 0.161 e. The number of nitriles is 1. The van der Waals surface area contributed by atoms with Crippen molar-refractivity contribution >= 4 is 12.4 Å². The fourth-order valence-corrected chi connectivity index (χ4v) is 2.42. The van der Waals surface area contributed by atoms with Crippen LogP contribution in [0.15, 0.2) is 42.5 Å². The molecule has 1 atom stereocenters. The molecule has 2 aromatic rings. The first-order valence-electron chi connectivity index (χ1n) is 7.38. The fourth-order valence-electron chi connectivity index (χ4n) is 2.42. The fraction of sp³-hybridized carbons (Fsp3) is 0.278. The Bertz CT molecular complexity index is 695. The molecule has 0 aromatic heterocycles. The van der Waals surface area contributed by atoms with Crippen LogP contribution in [0.3, 0.4) is 0 Å². The monoisotopic (exact) mass is 330 g/mol. The highest BCUT2D eigenvalue weighted by molar-refractivity contribution is 5.85. The molecule has 0 aliphatic carbocycles. The van der Waals surface area contributed by atoms with Gasteiger partial charge in [-0.3, -0.25) is 0 Å². The zero-order valence-electron chi connectivity index (χ0n) is 12.9. The molecule has 1 aliphatic heterocycles. The van der Waals surface area contributed by atoms with Crippen LogP contribution in [-0.4, -0.2) is 13.2 Å². The molecule has 4 nitrogen and oxygen atoms in total. The molecule has 1 heterocycles. The van der Waals surface area contributed by atoms with E-state index >= 15 is 0 Å². The zero-order valence-corrected chi connectivity index (χ0v) is 13.7. The van der Waals surface area contributed by atoms with E-state index in [4.69, 9.17) is 14.7 Å². The van der Waals surface area contributed by atoms with Gasteiger partial charge in [0.25, 0.3) is 0 Å². The Balaban J connectivity index is 0.00000192. The maximum Gasteiger partial charge on any atom is 0.161 e. The minimum atomic E-state index is 0. The van der Waals surface area contributed by atoms with Gasteiger partial charge in [-0.25, -0.2) is 0 Å². The third kappa shape index (κ3) is 4.16. The molecular weight excluding hydrogens is 312 g/mol. The number of fused-ring (bicyclic) bond motifs is 1. The Morgan fingerprint density at radius 1 is 1.09 bits per heavy atom. The van der Waals surface area contributed by atoms with Gasteiger partial charge in [-0.15, -0.1) is 12.4 Å². The molecule has 1 aliphatic rings. The van der Waals surface area contributed by atoms with Crippen molar-refractivity contribution in [2.24, 2.45) is 0 Å². The van der Waals surface area contributed by atoms with E-state index in [1.165, 1.54) is 0 Å². The van der Waals surface area contributed by atoms with Crippen LogP contribution in [0, 0.1) is 11.3 Å². The van der Waals surface area contributed by atoms with Crippen LogP contribution in [0.25, 0.3) is 0 Å². The number of nitrogens with zero attached hydrogens (tertiary/aromatic N) is 1. The first kappa shape index (κ1) is 17.1. The lowest BCUT2D eigenvalue weighted by Crippen LogP contribution is -2.19. The topological polar surface area (TPSA) is 54.3 Å². The van der Waals surface area contributed by atoms with E-state index in [0.29, 0.717) is 18.8 Å². The summed E-state index contributed by atoms with van der Waals surface area (Å²) in [5.41, 5.74) is 3.00. The van der Waals surface area contributed by atoms with Gasteiger partial charge in [-0.1, -0.05) is 18.2 Å². The number of halogens is 1. The molecule has 2 aromatic carbocycles. The van der Waals surface area contributed by atoms with Crippen molar-refractivity contribution < 1.29 is 9.47 Å². The maximum absolute atomic E-state index is 8.80. The minimum Gasteiger partial charge on any atom is -0.486 e. The Kier molecular flexibility index (Phi) is 5.86. The van der Waals surface area contributed by atoms with E-state index in [1.54, 1.807) is 0 Å². The first-order valence-corrected chi connectivity index (χ1v) is 7.38. The van der Waals surface area contributed by atoms with Gasteiger partial charge in [0.1, 0.15) is 13.2 Å². The van der Waals surface area contributed by atoms with Crippen molar-refractivity contribution in [2.75, 3.05) is 13.2 Å². The molecule has 0 spiro atoms. The van der Waals surface area contributed by atoms with Crippen LogP contribution in [0.5, 0.6) is 11.5 Å². The summed E-state index contributed by atoms with van der Waals surface area (Å²) in [5.74, 6) is 1.63. The van der Waals surface area contributed by atoms with Gasteiger partial charge in [0.15, 0.2) is 11.5 Å². The largest absolute Gasteiger partial charge is 0.486 e. The van der Waals surface area contributed by atoms with Crippen molar-refractivity contribution in [3.8, 4) is 17.6 Å². The van der Waals surface area contributed by atoms with Crippen LogP contribution in [0.2, 0.25) is 0 Å². The molecule has 0 radical (unpaired) electrons. The number of ether oxygens (including phenoxy) is 2. The van der Waals surface area contributed by atoms with Gasteiger partial charge in [0, 0.05) is 12.6 Å². The van der Waals surface area contributed by atoms with Gasteiger partial charge in [-0.05, 0) is 42.3 Å². The first-order chi connectivity index (χ1) is 10.8. The molecule has 1 N–H and O–H groups in total. The molecule has 0 bridgehead atoms. The van der Waals surface area contributed by atoms with Crippen LogP contribution >= 0.6 is 12.4 Å². The van der Waals surface area contributed by atoms with Gasteiger partial charge in [0.2, 0.25) is 0 Å². The highest BCUT2D eigenvalue weighted by Gasteiger charge is 2.14. The summed E-state index contributed by atoms with van der Waals surface area (Å²) in [4.78, 5) is 0. The standard InChI is InChI=1S/C18H18N2O2.ClH/c1-13(20-12-15-4-2-14(11-19)3-5-15)16-6-7-17-18(10-16)22-9-8-21-17;/h2-7,10,13,20H,8-9,12H2,1H3;1H. The predicted molar refractivity (Wildman–Crippen MR) is 91.1 cm³/mol. The quantitative estimate of drug-likeness (QED) is 0.930. The Morgan fingerprint density at radius 3 is 2.48 bits per heavy atom. The second-order valence-corrected chi connectivity index (χ2v) is 5.31. The lowest BCUT2D eigenvalue weighted by Gasteiger charge is -2.21. The number of benzene rings is 2. The maximum atomic E-state index is 8.80. The third-order valence-electron chi connectivity index (χ3n) is 3.76. The van der Waals surface area contributed by atoms with Crippen molar-refractivity contribution in [3.63, 3.8) is 0 Å². The van der Waals surface area contributed by atoms with Gasteiger partial charge >= 0.3 is 0 Å². The van der Waals surface area contributed by atoms with Gasteiger partial charge in [0.05, 0.1) is 11.6 Å². The van der Waals surface area contributed by atoms with E-state index in [9.17, 15) is 0 Å². The highest BCUT2D eigenvalue weighted by atomic mass is 35.5. The molecule has 5 heteroatoms. The molecule has 0 saturated carbocycles. The van der Waals surface area contributed by atoms with E-state index < -0.39 is 0 Å². The molecule has 23 heavy (non-hydrogen) atoms. The molecular formula is C18H19ClN2O2. The Labute approximate surface area is 142 Å². The van der Waals surface area contributed by atoms with E-state index in [2.05, 4.69) is 24.4 Å². The summed E-state index contributed by atoms with van der Waals surface area (Å²) in [6.45, 7) is 4.08. The number of hydrogen-bond acceptors (Lipinski definition) is 4. The Morgan fingerprint density at radius 2 is 1.78 bits per heavy atom. The lowest BCUT2D eigenvalue weighted by molar-refractivity contribution is 0.171. The molecule has 1 unspecified atom stereocenters. The number of hydrogen-bond donors (Lipinski definition) is 1. The predicted octanol–water partition coefficient (Wildman–Crippen LogP) is 3.60. The van der Waals surface area contributed by atoms with E-state index in [-0.39, 0.29) is 18.4 Å². The van der Waals surface area contributed by atoms with Crippen LogP contribution in [-0.2, 0) is 6.54 Å². The van der Waals surface area contributed by atoms with Crippen molar-refractivity contribution in [3.05, 3.63) is 59.2 Å². The third-order valence-corrected chi connectivity index (χ3v) is 3.76. The van der Waals surface area contributed by atoms with Crippen molar-refractivity contribution in [1.29, 1.82) is 5.26 Å². The molecule has 0 fully saturated rings. The second kappa shape index (κ2) is 7.87. The summed E-state index contributed by atoms with van der Waals surface area (Å²) in [6.07, 6.45) is 0. The van der Waals surface area contributed by atoms with Crippen molar-refractivity contribution in [1.82, 2.24) is 5.32 Å². The molecule has 3 rings (SSSR count). The SMILES string of the molecule is CC(NCc1ccc(C#N)cc1)c1ccc2c(c1)OCCO2.Cl. The zero-order chi connectivity index (χ0) is 15.4. The van der Waals surface area contributed by atoms with Gasteiger partial charge in [-0.2, -0.15) is 5.26 Å². The number of rotatable bonds is 4. The molecule has 120 valence electrons. The van der Waals surface area contributed by atoms with E-state index in [0.717, 1.165) is 29.2 Å². The molecule has 0 amide bonds. The normalized spacial score (nSPS) is 13.6. The van der Waals surface area contributed by atoms with Crippen LogP contribution in [0.1, 0.15) is 29.7 Å². The number of nitrogens with one attached hydrogen (secondary N) is 1. The Hall–Kier alpha value is -2.22. The summed E-state index contributed by atoms with van der Waals surface area (Å²) in [7, 11) is 0. The second-order valence-electron chi connectivity index (χ2n) is 5.31. The highest BCUT2D eigenvalue weighted by Crippen LogP contribution is 2.32. The van der Waals surface area contributed by atoms with Crippen LogP contribution < -0.4 is 14.8 Å². The average molecular weight is 331 g/mol. The average Bonchev–Trinajstić information content (AvgIpc) is 2.59. The minimum absolute atomic E-state index is 0.